The third-order valence-electron chi connectivity index (χ3n) is 3.78. The smallest absolute Gasteiger partial charge is 0.00413 e. The first-order valence-electron chi connectivity index (χ1n) is 7.21. The highest BCUT2D eigenvalue weighted by atomic mass is 14.9. The van der Waals surface area contributed by atoms with Gasteiger partial charge in [0, 0.05) is 6.04 Å². The maximum absolute atomic E-state index is 3.69. The van der Waals surface area contributed by atoms with Crippen molar-refractivity contribution in [3.8, 4) is 0 Å². The second kappa shape index (κ2) is 6.64. The van der Waals surface area contributed by atoms with Crippen LogP contribution in [0.1, 0.15) is 72.6 Å². The fourth-order valence-electron chi connectivity index (χ4n) is 2.70. The van der Waals surface area contributed by atoms with Crippen molar-refractivity contribution in [1.29, 1.82) is 0 Å². The van der Waals surface area contributed by atoms with Gasteiger partial charge in [0.05, 0.1) is 0 Å². The standard InChI is InChI=1S/C15H31N/c1-13(16-11-10-15(2,3)4)12-14-8-6-5-7-9-14/h13-14,16H,5-12H2,1-4H3. The summed E-state index contributed by atoms with van der Waals surface area (Å²) in [6, 6.07) is 0.713. The zero-order chi connectivity index (χ0) is 12.0. The van der Waals surface area contributed by atoms with Crippen molar-refractivity contribution >= 4 is 0 Å². The number of nitrogens with one attached hydrogen (secondary N) is 1. The topological polar surface area (TPSA) is 12.0 Å². The van der Waals surface area contributed by atoms with E-state index in [4.69, 9.17) is 0 Å². The van der Waals surface area contributed by atoms with Crippen LogP contribution in [-0.2, 0) is 0 Å². The second-order valence-corrected chi connectivity index (χ2v) is 6.91. The molecule has 0 bridgehead atoms. The number of rotatable bonds is 5. The van der Waals surface area contributed by atoms with Gasteiger partial charge in [0.25, 0.3) is 0 Å². The summed E-state index contributed by atoms with van der Waals surface area (Å²) >= 11 is 0. The summed E-state index contributed by atoms with van der Waals surface area (Å²) in [6.07, 6.45) is 10.0. The van der Waals surface area contributed by atoms with Gasteiger partial charge in [0.2, 0.25) is 0 Å². The van der Waals surface area contributed by atoms with Gasteiger partial charge in [0.1, 0.15) is 0 Å². The van der Waals surface area contributed by atoms with E-state index in [9.17, 15) is 0 Å². The van der Waals surface area contributed by atoms with Gasteiger partial charge in [-0.05, 0) is 37.6 Å². The van der Waals surface area contributed by atoms with Crippen molar-refractivity contribution in [3.63, 3.8) is 0 Å². The molecule has 1 fully saturated rings. The van der Waals surface area contributed by atoms with Crippen molar-refractivity contribution in [2.24, 2.45) is 11.3 Å². The van der Waals surface area contributed by atoms with Crippen LogP contribution in [0.2, 0.25) is 0 Å². The molecular formula is C15H31N. The maximum atomic E-state index is 3.69. The van der Waals surface area contributed by atoms with E-state index in [-0.39, 0.29) is 0 Å². The van der Waals surface area contributed by atoms with Crippen LogP contribution in [-0.4, -0.2) is 12.6 Å². The van der Waals surface area contributed by atoms with Crippen molar-refractivity contribution < 1.29 is 0 Å². The minimum Gasteiger partial charge on any atom is -0.314 e. The third kappa shape index (κ3) is 6.52. The summed E-state index contributed by atoms with van der Waals surface area (Å²) in [6.45, 7) is 10.5. The van der Waals surface area contributed by atoms with E-state index in [1.165, 1.54) is 51.5 Å². The molecule has 96 valence electrons. The Labute approximate surface area is 102 Å². The Bertz CT molecular complexity index is 174. The fraction of sp³-hybridized carbons (Fsp3) is 1.00. The zero-order valence-corrected chi connectivity index (χ0v) is 11.8. The normalized spacial score (nSPS) is 21.0. The molecule has 1 N–H and O–H groups in total. The van der Waals surface area contributed by atoms with Gasteiger partial charge in [-0.15, -0.1) is 0 Å². The predicted octanol–water partition coefficient (Wildman–Crippen LogP) is 4.37. The molecule has 1 aliphatic rings. The summed E-state index contributed by atoms with van der Waals surface area (Å²) < 4.78 is 0. The van der Waals surface area contributed by atoms with Crippen molar-refractivity contribution in [3.05, 3.63) is 0 Å². The molecule has 0 heterocycles. The van der Waals surface area contributed by atoms with E-state index >= 15 is 0 Å². The molecule has 0 spiro atoms. The van der Waals surface area contributed by atoms with Crippen LogP contribution in [0.25, 0.3) is 0 Å². The molecular weight excluding hydrogens is 194 g/mol. The molecule has 0 saturated heterocycles. The van der Waals surface area contributed by atoms with Gasteiger partial charge < -0.3 is 5.32 Å². The second-order valence-electron chi connectivity index (χ2n) is 6.91. The molecule has 0 amide bonds. The molecule has 1 atom stereocenters. The van der Waals surface area contributed by atoms with Crippen LogP contribution >= 0.6 is 0 Å². The van der Waals surface area contributed by atoms with Crippen LogP contribution in [0.15, 0.2) is 0 Å². The van der Waals surface area contributed by atoms with Crippen LogP contribution in [0, 0.1) is 11.3 Å². The number of hydrogen-bond acceptors (Lipinski definition) is 1. The quantitative estimate of drug-likeness (QED) is 0.732. The summed E-state index contributed by atoms with van der Waals surface area (Å²) in [7, 11) is 0. The highest BCUT2D eigenvalue weighted by Crippen LogP contribution is 2.27. The lowest BCUT2D eigenvalue weighted by Crippen LogP contribution is -2.31. The Kier molecular flexibility index (Phi) is 5.82. The van der Waals surface area contributed by atoms with E-state index in [1.807, 2.05) is 0 Å². The summed E-state index contributed by atoms with van der Waals surface area (Å²) in [5, 5.41) is 3.69. The molecule has 1 nitrogen and oxygen atoms in total. The van der Waals surface area contributed by atoms with E-state index in [2.05, 4.69) is 33.0 Å². The molecule has 0 aromatic carbocycles. The van der Waals surface area contributed by atoms with Gasteiger partial charge in [-0.1, -0.05) is 52.9 Å². The molecule has 16 heavy (non-hydrogen) atoms. The lowest BCUT2D eigenvalue weighted by molar-refractivity contribution is 0.294. The van der Waals surface area contributed by atoms with Gasteiger partial charge >= 0.3 is 0 Å². The van der Waals surface area contributed by atoms with Gasteiger partial charge in [-0.2, -0.15) is 0 Å². The summed E-state index contributed by atoms with van der Waals surface area (Å²) in [4.78, 5) is 0. The Balaban J connectivity index is 2.08. The zero-order valence-electron chi connectivity index (χ0n) is 11.8. The first-order chi connectivity index (χ1) is 7.47. The Hall–Kier alpha value is -0.0400. The molecule has 1 saturated carbocycles. The van der Waals surface area contributed by atoms with Crippen LogP contribution in [0.3, 0.4) is 0 Å². The van der Waals surface area contributed by atoms with E-state index in [1.54, 1.807) is 0 Å². The lowest BCUT2D eigenvalue weighted by Gasteiger charge is -2.26. The van der Waals surface area contributed by atoms with Gasteiger partial charge in [0.15, 0.2) is 0 Å². The molecule has 1 rings (SSSR count). The largest absolute Gasteiger partial charge is 0.314 e. The van der Waals surface area contributed by atoms with Crippen molar-refractivity contribution in [1.82, 2.24) is 5.32 Å². The van der Waals surface area contributed by atoms with E-state index in [0.717, 1.165) is 5.92 Å². The minimum absolute atomic E-state index is 0.470. The molecule has 1 unspecified atom stereocenters. The summed E-state index contributed by atoms with van der Waals surface area (Å²) in [5.41, 5.74) is 0.470. The van der Waals surface area contributed by atoms with E-state index in [0.29, 0.717) is 11.5 Å². The Morgan fingerprint density at radius 3 is 2.31 bits per heavy atom. The van der Waals surface area contributed by atoms with Gasteiger partial charge in [-0.25, -0.2) is 0 Å². The first-order valence-corrected chi connectivity index (χ1v) is 7.21. The number of hydrogen-bond donors (Lipinski definition) is 1. The average molecular weight is 225 g/mol. The first kappa shape index (κ1) is 14.0. The SMILES string of the molecule is CC(CC1CCCCC1)NCCC(C)(C)C. The molecule has 0 aromatic rings. The highest BCUT2D eigenvalue weighted by Gasteiger charge is 2.16. The Morgan fingerprint density at radius 1 is 1.12 bits per heavy atom. The van der Waals surface area contributed by atoms with Crippen molar-refractivity contribution in [2.45, 2.75) is 78.7 Å². The van der Waals surface area contributed by atoms with Crippen molar-refractivity contribution in [2.75, 3.05) is 6.54 Å². The monoisotopic (exact) mass is 225 g/mol. The fourth-order valence-corrected chi connectivity index (χ4v) is 2.70. The molecule has 1 heteroatoms. The van der Waals surface area contributed by atoms with Gasteiger partial charge in [-0.3, -0.25) is 0 Å². The van der Waals surface area contributed by atoms with Crippen LogP contribution in [0.5, 0.6) is 0 Å². The molecule has 0 radical (unpaired) electrons. The average Bonchev–Trinajstić information content (AvgIpc) is 2.17. The summed E-state index contributed by atoms with van der Waals surface area (Å²) in [5.74, 6) is 1.01. The minimum atomic E-state index is 0.470. The highest BCUT2D eigenvalue weighted by molar-refractivity contribution is 4.72. The third-order valence-corrected chi connectivity index (χ3v) is 3.78. The van der Waals surface area contributed by atoms with Crippen LogP contribution in [0.4, 0.5) is 0 Å². The predicted molar refractivity (Wildman–Crippen MR) is 72.7 cm³/mol. The maximum Gasteiger partial charge on any atom is 0.00413 e. The van der Waals surface area contributed by atoms with E-state index < -0.39 is 0 Å². The molecule has 0 aliphatic heterocycles. The Morgan fingerprint density at radius 2 is 1.75 bits per heavy atom. The van der Waals surface area contributed by atoms with Crippen LogP contribution < -0.4 is 5.32 Å². The molecule has 0 aromatic heterocycles. The lowest BCUT2D eigenvalue weighted by atomic mass is 9.85. The molecule has 1 aliphatic carbocycles.